The van der Waals surface area contributed by atoms with Gasteiger partial charge in [0, 0.05) is 25.4 Å². The second-order valence-corrected chi connectivity index (χ2v) is 6.18. The SMILES string of the molecule is CCNC(=NCc1cccc(NC(=O)CN(C)C)c1)NC(C)COC.I. The Hall–Kier alpha value is -1.39. The molecule has 0 aromatic heterocycles. The number of hydrogen-bond donors (Lipinski definition) is 3. The molecule has 1 aromatic rings. The van der Waals surface area contributed by atoms with E-state index in [0.29, 0.717) is 19.7 Å². The maximum atomic E-state index is 11.9. The Bertz CT molecular complexity index is 566. The van der Waals surface area contributed by atoms with Gasteiger partial charge in [0.15, 0.2) is 5.96 Å². The Balaban J connectivity index is 0.00000625. The lowest BCUT2D eigenvalue weighted by atomic mass is 10.2. The zero-order valence-electron chi connectivity index (χ0n) is 16.3. The van der Waals surface area contributed by atoms with E-state index in [-0.39, 0.29) is 35.9 Å². The summed E-state index contributed by atoms with van der Waals surface area (Å²) in [6.45, 7) is 6.33. The summed E-state index contributed by atoms with van der Waals surface area (Å²) < 4.78 is 5.14. The molecule has 1 unspecified atom stereocenters. The fraction of sp³-hybridized carbons (Fsp3) is 0.556. The van der Waals surface area contributed by atoms with Gasteiger partial charge in [-0.2, -0.15) is 0 Å². The van der Waals surface area contributed by atoms with Crippen LogP contribution >= 0.6 is 24.0 Å². The molecule has 0 fully saturated rings. The number of aliphatic imine (C=N–C) groups is 1. The van der Waals surface area contributed by atoms with E-state index in [1.807, 2.05) is 57.1 Å². The van der Waals surface area contributed by atoms with Gasteiger partial charge in [-0.3, -0.25) is 4.79 Å². The fourth-order valence-corrected chi connectivity index (χ4v) is 2.25. The maximum Gasteiger partial charge on any atom is 0.238 e. The first-order valence-corrected chi connectivity index (χ1v) is 8.51. The quantitative estimate of drug-likeness (QED) is 0.288. The van der Waals surface area contributed by atoms with E-state index >= 15 is 0 Å². The molecule has 0 aliphatic rings. The molecular weight excluding hydrogens is 445 g/mol. The molecule has 3 N–H and O–H groups in total. The van der Waals surface area contributed by atoms with Crippen LogP contribution in [0.1, 0.15) is 19.4 Å². The van der Waals surface area contributed by atoms with Crippen molar-refractivity contribution < 1.29 is 9.53 Å². The van der Waals surface area contributed by atoms with Crippen LogP contribution in [-0.4, -0.2) is 63.7 Å². The Morgan fingerprint density at radius 3 is 2.69 bits per heavy atom. The number of benzene rings is 1. The van der Waals surface area contributed by atoms with E-state index in [1.54, 1.807) is 7.11 Å². The van der Waals surface area contributed by atoms with Crippen molar-refractivity contribution in [3.8, 4) is 0 Å². The predicted octanol–water partition coefficient (Wildman–Crippen LogP) is 1.89. The highest BCUT2D eigenvalue weighted by atomic mass is 127. The molecule has 0 aliphatic carbocycles. The first kappa shape index (κ1) is 24.6. The molecule has 7 nitrogen and oxygen atoms in total. The summed E-state index contributed by atoms with van der Waals surface area (Å²) in [5, 5.41) is 9.41. The van der Waals surface area contributed by atoms with Crippen molar-refractivity contribution in [3.63, 3.8) is 0 Å². The molecule has 26 heavy (non-hydrogen) atoms. The number of carbonyl (C=O) groups excluding carboxylic acids is 1. The Morgan fingerprint density at radius 2 is 2.08 bits per heavy atom. The van der Waals surface area contributed by atoms with Crippen molar-refractivity contribution in [2.45, 2.75) is 26.4 Å². The molecule has 0 radical (unpaired) electrons. The van der Waals surface area contributed by atoms with Crippen molar-refractivity contribution in [2.75, 3.05) is 46.2 Å². The van der Waals surface area contributed by atoms with Crippen LogP contribution in [0.25, 0.3) is 0 Å². The molecule has 1 amide bonds. The number of hydrogen-bond acceptors (Lipinski definition) is 4. The number of nitrogens with one attached hydrogen (secondary N) is 3. The standard InChI is InChI=1S/C18H31N5O2.HI/c1-6-19-18(21-14(2)13-25-5)20-11-15-8-7-9-16(10-15)22-17(24)12-23(3)4;/h7-10,14H,6,11-13H2,1-5H3,(H,22,24)(H2,19,20,21);1H. The smallest absolute Gasteiger partial charge is 0.238 e. The minimum atomic E-state index is -0.0333. The van der Waals surface area contributed by atoms with Gasteiger partial charge in [-0.05, 0) is 45.6 Å². The van der Waals surface area contributed by atoms with E-state index in [0.717, 1.165) is 23.8 Å². The number of halogens is 1. The molecule has 148 valence electrons. The third-order valence-electron chi connectivity index (χ3n) is 3.23. The highest BCUT2D eigenvalue weighted by Gasteiger charge is 2.06. The van der Waals surface area contributed by atoms with Crippen LogP contribution in [0.15, 0.2) is 29.3 Å². The van der Waals surface area contributed by atoms with Gasteiger partial charge in [-0.25, -0.2) is 4.99 Å². The average Bonchev–Trinajstić information content (AvgIpc) is 2.52. The lowest BCUT2D eigenvalue weighted by Gasteiger charge is -2.17. The summed E-state index contributed by atoms with van der Waals surface area (Å²) in [6, 6.07) is 7.90. The van der Waals surface area contributed by atoms with Crippen LogP contribution in [-0.2, 0) is 16.1 Å². The predicted molar refractivity (Wildman–Crippen MR) is 118 cm³/mol. The molecule has 1 aromatic carbocycles. The molecule has 0 saturated carbocycles. The zero-order valence-corrected chi connectivity index (χ0v) is 18.7. The normalized spacial score (nSPS) is 12.3. The van der Waals surface area contributed by atoms with Crippen LogP contribution in [0.2, 0.25) is 0 Å². The minimum Gasteiger partial charge on any atom is -0.383 e. The Morgan fingerprint density at radius 1 is 1.35 bits per heavy atom. The number of anilines is 1. The number of amides is 1. The van der Waals surface area contributed by atoms with Gasteiger partial charge in [0.05, 0.1) is 19.7 Å². The van der Waals surface area contributed by atoms with Gasteiger partial charge in [-0.15, -0.1) is 24.0 Å². The Kier molecular flexibility index (Phi) is 13.0. The van der Waals surface area contributed by atoms with Crippen molar-refractivity contribution in [1.82, 2.24) is 15.5 Å². The lowest BCUT2D eigenvalue weighted by molar-refractivity contribution is -0.116. The number of rotatable bonds is 9. The monoisotopic (exact) mass is 477 g/mol. The van der Waals surface area contributed by atoms with Crippen molar-refractivity contribution in [1.29, 1.82) is 0 Å². The molecule has 8 heteroatoms. The van der Waals surface area contributed by atoms with Crippen LogP contribution in [0, 0.1) is 0 Å². The average molecular weight is 477 g/mol. The molecule has 0 saturated heterocycles. The van der Waals surface area contributed by atoms with E-state index in [4.69, 9.17) is 4.74 Å². The van der Waals surface area contributed by atoms with E-state index < -0.39 is 0 Å². The highest BCUT2D eigenvalue weighted by Crippen LogP contribution is 2.11. The summed E-state index contributed by atoms with van der Waals surface area (Å²) in [5.74, 6) is 0.711. The molecule has 1 rings (SSSR count). The van der Waals surface area contributed by atoms with Gasteiger partial charge < -0.3 is 25.6 Å². The fourth-order valence-electron chi connectivity index (χ4n) is 2.25. The highest BCUT2D eigenvalue weighted by molar-refractivity contribution is 14.0. The Labute approximate surface area is 174 Å². The maximum absolute atomic E-state index is 11.9. The topological polar surface area (TPSA) is 78.0 Å². The van der Waals surface area contributed by atoms with Crippen molar-refractivity contribution in [2.24, 2.45) is 4.99 Å². The summed E-state index contributed by atoms with van der Waals surface area (Å²) in [5.41, 5.74) is 1.81. The molecule has 0 spiro atoms. The second-order valence-electron chi connectivity index (χ2n) is 6.18. The van der Waals surface area contributed by atoms with Crippen molar-refractivity contribution >= 4 is 41.5 Å². The third-order valence-corrected chi connectivity index (χ3v) is 3.23. The summed E-state index contributed by atoms with van der Waals surface area (Å²) in [7, 11) is 5.41. The lowest BCUT2D eigenvalue weighted by Crippen LogP contribution is -2.43. The molecule has 0 bridgehead atoms. The number of nitrogens with zero attached hydrogens (tertiary/aromatic N) is 2. The van der Waals surface area contributed by atoms with E-state index in [9.17, 15) is 4.79 Å². The van der Waals surface area contributed by atoms with Gasteiger partial charge in [0.1, 0.15) is 0 Å². The molecule has 0 heterocycles. The van der Waals surface area contributed by atoms with Gasteiger partial charge in [0.2, 0.25) is 5.91 Å². The second kappa shape index (κ2) is 13.8. The van der Waals surface area contributed by atoms with Gasteiger partial charge in [-0.1, -0.05) is 12.1 Å². The van der Waals surface area contributed by atoms with Crippen LogP contribution in [0.3, 0.4) is 0 Å². The van der Waals surface area contributed by atoms with E-state index in [1.165, 1.54) is 0 Å². The largest absolute Gasteiger partial charge is 0.383 e. The summed E-state index contributed by atoms with van der Waals surface area (Å²) in [4.78, 5) is 18.3. The van der Waals surface area contributed by atoms with Crippen LogP contribution in [0.5, 0.6) is 0 Å². The number of ether oxygens (including phenoxy) is 1. The van der Waals surface area contributed by atoms with Gasteiger partial charge in [0.25, 0.3) is 0 Å². The first-order valence-electron chi connectivity index (χ1n) is 8.51. The molecule has 1 atom stereocenters. The number of carbonyl (C=O) groups is 1. The zero-order chi connectivity index (χ0) is 18.7. The van der Waals surface area contributed by atoms with Gasteiger partial charge >= 0.3 is 0 Å². The summed E-state index contributed by atoms with van der Waals surface area (Å²) in [6.07, 6.45) is 0. The number of methoxy groups -OCH3 is 1. The first-order chi connectivity index (χ1) is 11.9. The number of likely N-dealkylation sites (N-methyl/N-ethyl adjacent to an activating group) is 1. The molecular formula is C18H32IN5O2. The van der Waals surface area contributed by atoms with Crippen LogP contribution < -0.4 is 16.0 Å². The van der Waals surface area contributed by atoms with Crippen LogP contribution in [0.4, 0.5) is 5.69 Å². The third kappa shape index (κ3) is 10.6. The molecule has 0 aliphatic heterocycles. The van der Waals surface area contributed by atoms with Crippen molar-refractivity contribution in [3.05, 3.63) is 29.8 Å². The van der Waals surface area contributed by atoms with E-state index in [2.05, 4.69) is 20.9 Å². The summed E-state index contributed by atoms with van der Waals surface area (Å²) >= 11 is 0. The number of guanidine groups is 1. The minimum absolute atomic E-state index is 0.